The molecular formula is C15H24N2O. The number of hydrogen-bond acceptors (Lipinski definition) is 2. The molecule has 3 heteroatoms. The summed E-state index contributed by atoms with van der Waals surface area (Å²) in [5, 5.41) is 2.88. The summed E-state index contributed by atoms with van der Waals surface area (Å²) < 4.78 is 0. The molecule has 0 radical (unpaired) electrons. The Kier molecular flexibility index (Phi) is 6.44. The maximum atomic E-state index is 11.7. The Morgan fingerprint density at radius 1 is 1.22 bits per heavy atom. The number of rotatable bonds is 7. The van der Waals surface area contributed by atoms with Gasteiger partial charge in [-0.25, -0.2) is 0 Å². The maximum absolute atomic E-state index is 11.7. The van der Waals surface area contributed by atoms with Crippen LogP contribution >= 0.6 is 0 Å². The van der Waals surface area contributed by atoms with Crippen molar-refractivity contribution in [3.05, 3.63) is 35.4 Å². The summed E-state index contributed by atoms with van der Waals surface area (Å²) in [6.45, 7) is 4.78. The number of nitrogens with one attached hydrogen (secondary N) is 1. The molecule has 0 fully saturated rings. The predicted octanol–water partition coefficient (Wildman–Crippen LogP) is 2.38. The Morgan fingerprint density at radius 3 is 2.39 bits per heavy atom. The fourth-order valence-electron chi connectivity index (χ4n) is 1.77. The second-order valence-electron chi connectivity index (χ2n) is 4.64. The highest BCUT2D eigenvalue weighted by molar-refractivity contribution is 5.81. The van der Waals surface area contributed by atoms with Gasteiger partial charge in [0.15, 0.2) is 0 Å². The van der Waals surface area contributed by atoms with Gasteiger partial charge in [0, 0.05) is 6.54 Å². The molecule has 1 rings (SSSR count). The first kappa shape index (κ1) is 14.7. The number of hydrogen-bond donors (Lipinski definition) is 2. The van der Waals surface area contributed by atoms with Crippen molar-refractivity contribution < 1.29 is 4.79 Å². The molecule has 18 heavy (non-hydrogen) atoms. The number of unbranched alkanes of at least 4 members (excludes halogenated alkanes) is 1. The van der Waals surface area contributed by atoms with Crippen molar-refractivity contribution >= 4 is 5.91 Å². The van der Waals surface area contributed by atoms with E-state index >= 15 is 0 Å². The van der Waals surface area contributed by atoms with E-state index in [2.05, 4.69) is 43.4 Å². The van der Waals surface area contributed by atoms with E-state index < -0.39 is 0 Å². The van der Waals surface area contributed by atoms with Gasteiger partial charge in [0.25, 0.3) is 0 Å². The molecule has 0 spiro atoms. The van der Waals surface area contributed by atoms with Gasteiger partial charge in [-0.1, -0.05) is 51.0 Å². The lowest BCUT2D eigenvalue weighted by Gasteiger charge is -2.11. The molecular weight excluding hydrogens is 224 g/mol. The standard InChI is InChI=1S/C15H24N2O/c1-3-5-6-14(16)15(18)17-11-13-9-7-12(4-2)8-10-13/h7-10,14H,3-6,11,16H2,1-2H3,(H,17,18)/t14-/m0/s1. The van der Waals surface area contributed by atoms with Crippen molar-refractivity contribution in [1.29, 1.82) is 0 Å². The Bertz CT molecular complexity index is 359. The van der Waals surface area contributed by atoms with Crippen molar-refractivity contribution in [2.24, 2.45) is 5.73 Å². The van der Waals surface area contributed by atoms with Gasteiger partial charge in [-0.15, -0.1) is 0 Å². The summed E-state index contributed by atoms with van der Waals surface area (Å²) in [6, 6.07) is 7.92. The minimum absolute atomic E-state index is 0.0528. The monoisotopic (exact) mass is 248 g/mol. The molecule has 0 aliphatic rings. The summed E-state index contributed by atoms with van der Waals surface area (Å²) in [5.41, 5.74) is 8.23. The van der Waals surface area contributed by atoms with Gasteiger partial charge in [0.05, 0.1) is 6.04 Å². The van der Waals surface area contributed by atoms with Crippen LogP contribution in [-0.2, 0) is 17.8 Å². The maximum Gasteiger partial charge on any atom is 0.237 e. The molecule has 0 unspecified atom stereocenters. The first-order valence-corrected chi connectivity index (χ1v) is 6.78. The van der Waals surface area contributed by atoms with Crippen molar-refractivity contribution in [1.82, 2.24) is 5.32 Å². The molecule has 0 heterocycles. The number of carbonyl (C=O) groups excluding carboxylic acids is 1. The van der Waals surface area contributed by atoms with Gasteiger partial charge in [0.2, 0.25) is 5.91 Å². The van der Waals surface area contributed by atoms with Crippen LogP contribution in [0.3, 0.4) is 0 Å². The minimum Gasteiger partial charge on any atom is -0.351 e. The number of benzene rings is 1. The van der Waals surface area contributed by atoms with E-state index in [1.54, 1.807) is 0 Å². The smallest absolute Gasteiger partial charge is 0.237 e. The van der Waals surface area contributed by atoms with Crippen LogP contribution in [-0.4, -0.2) is 11.9 Å². The van der Waals surface area contributed by atoms with E-state index in [1.807, 2.05) is 0 Å². The lowest BCUT2D eigenvalue weighted by atomic mass is 10.1. The van der Waals surface area contributed by atoms with E-state index in [4.69, 9.17) is 5.73 Å². The highest BCUT2D eigenvalue weighted by atomic mass is 16.2. The zero-order valence-corrected chi connectivity index (χ0v) is 11.4. The average Bonchev–Trinajstić information content (AvgIpc) is 2.42. The summed E-state index contributed by atoms with van der Waals surface area (Å²) in [7, 11) is 0. The van der Waals surface area contributed by atoms with Crippen LogP contribution in [0, 0.1) is 0 Å². The van der Waals surface area contributed by atoms with Crippen LogP contribution in [0.15, 0.2) is 24.3 Å². The molecule has 1 atom stereocenters. The first-order valence-electron chi connectivity index (χ1n) is 6.78. The van der Waals surface area contributed by atoms with Gasteiger partial charge in [0.1, 0.15) is 0 Å². The number of aryl methyl sites for hydroxylation is 1. The second-order valence-corrected chi connectivity index (χ2v) is 4.64. The SMILES string of the molecule is CCCC[C@H](N)C(=O)NCc1ccc(CC)cc1. The highest BCUT2D eigenvalue weighted by Crippen LogP contribution is 2.05. The Balaban J connectivity index is 2.37. The summed E-state index contributed by atoms with van der Waals surface area (Å²) >= 11 is 0. The van der Waals surface area contributed by atoms with Crippen LogP contribution in [0.1, 0.15) is 44.2 Å². The molecule has 1 amide bonds. The van der Waals surface area contributed by atoms with Crippen molar-refractivity contribution in [3.63, 3.8) is 0 Å². The quantitative estimate of drug-likeness (QED) is 0.778. The summed E-state index contributed by atoms with van der Waals surface area (Å²) in [6.07, 6.45) is 3.87. The van der Waals surface area contributed by atoms with Crippen LogP contribution in [0.5, 0.6) is 0 Å². The molecule has 0 saturated carbocycles. The third kappa shape index (κ3) is 4.88. The van der Waals surface area contributed by atoms with Crippen LogP contribution < -0.4 is 11.1 Å². The fraction of sp³-hybridized carbons (Fsp3) is 0.533. The van der Waals surface area contributed by atoms with Crippen LogP contribution in [0.4, 0.5) is 0 Å². The van der Waals surface area contributed by atoms with E-state index in [-0.39, 0.29) is 11.9 Å². The Morgan fingerprint density at radius 2 is 1.83 bits per heavy atom. The lowest BCUT2D eigenvalue weighted by Crippen LogP contribution is -2.40. The predicted molar refractivity (Wildman–Crippen MR) is 75.2 cm³/mol. The Hall–Kier alpha value is -1.35. The third-order valence-corrected chi connectivity index (χ3v) is 3.10. The summed E-state index contributed by atoms with van der Waals surface area (Å²) in [5.74, 6) is -0.0528. The highest BCUT2D eigenvalue weighted by Gasteiger charge is 2.11. The first-order chi connectivity index (χ1) is 8.67. The normalized spacial score (nSPS) is 12.2. The molecule has 0 aliphatic heterocycles. The van der Waals surface area contributed by atoms with Crippen molar-refractivity contribution in [3.8, 4) is 0 Å². The second kappa shape index (κ2) is 7.88. The average molecular weight is 248 g/mol. The number of carbonyl (C=O) groups is 1. The molecule has 1 aromatic rings. The molecule has 0 bridgehead atoms. The van der Waals surface area contributed by atoms with E-state index in [0.717, 1.165) is 31.2 Å². The molecule has 100 valence electrons. The Labute approximate surface area is 110 Å². The van der Waals surface area contributed by atoms with Gasteiger partial charge >= 0.3 is 0 Å². The third-order valence-electron chi connectivity index (χ3n) is 3.10. The number of amides is 1. The van der Waals surface area contributed by atoms with Crippen LogP contribution in [0.2, 0.25) is 0 Å². The summed E-state index contributed by atoms with van der Waals surface area (Å²) in [4.78, 5) is 11.7. The van der Waals surface area contributed by atoms with Gasteiger partial charge in [-0.05, 0) is 24.0 Å². The fourth-order valence-corrected chi connectivity index (χ4v) is 1.77. The van der Waals surface area contributed by atoms with E-state index in [9.17, 15) is 4.79 Å². The van der Waals surface area contributed by atoms with Crippen molar-refractivity contribution in [2.75, 3.05) is 0 Å². The van der Waals surface area contributed by atoms with Gasteiger partial charge in [-0.2, -0.15) is 0 Å². The molecule has 1 aromatic carbocycles. The molecule has 0 aliphatic carbocycles. The van der Waals surface area contributed by atoms with Crippen LogP contribution in [0.25, 0.3) is 0 Å². The van der Waals surface area contributed by atoms with Gasteiger partial charge in [-0.3, -0.25) is 4.79 Å². The zero-order valence-electron chi connectivity index (χ0n) is 11.4. The topological polar surface area (TPSA) is 55.1 Å². The number of nitrogens with two attached hydrogens (primary N) is 1. The molecule has 0 aromatic heterocycles. The van der Waals surface area contributed by atoms with E-state index in [0.29, 0.717) is 6.54 Å². The minimum atomic E-state index is -0.375. The molecule has 3 N–H and O–H groups in total. The largest absolute Gasteiger partial charge is 0.351 e. The van der Waals surface area contributed by atoms with Crippen molar-refractivity contribution in [2.45, 2.75) is 52.1 Å². The zero-order chi connectivity index (χ0) is 13.4. The van der Waals surface area contributed by atoms with Gasteiger partial charge < -0.3 is 11.1 Å². The molecule has 3 nitrogen and oxygen atoms in total. The lowest BCUT2D eigenvalue weighted by molar-refractivity contribution is -0.122. The molecule has 0 saturated heterocycles. The van der Waals surface area contributed by atoms with E-state index in [1.165, 1.54) is 5.56 Å².